The molecule has 1 aromatic rings. The molecular weight excluding hydrogens is 216 g/mol. The number of amides is 1. The molecule has 0 aliphatic carbocycles. The summed E-state index contributed by atoms with van der Waals surface area (Å²) >= 11 is 0. The highest BCUT2D eigenvalue weighted by atomic mass is 16.2. The normalized spacial score (nSPS) is 10.9. The van der Waals surface area contributed by atoms with E-state index in [9.17, 15) is 4.79 Å². The summed E-state index contributed by atoms with van der Waals surface area (Å²) in [5.41, 5.74) is 6.13. The molecular formula is C12H22N4O. The van der Waals surface area contributed by atoms with Crippen molar-refractivity contribution in [2.45, 2.75) is 20.3 Å². The Kier molecular flexibility index (Phi) is 5.15. The van der Waals surface area contributed by atoms with Gasteiger partial charge in [-0.05, 0) is 18.9 Å². The quantitative estimate of drug-likeness (QED) is 0.799. The van der Waals surface area contributed by atoms with Crippen LogP contribution >= 0.6 is 0 Å². The van der Waals surface area contributed by atoms with Crippen LogP contribution in [0.4, 0.5) is 0 Å². The van der Waals surface area contributed by atoms with Crippen LogP contribution in [0.5, 0.6) is 0 Å². The smallest absolute Gasteiger partial charge is 0.272 e. The van der Waals surface area contributed by atoms with Crippen molar-refractivity contribution in [1.82, 2.24) is 14.5 Å². The van der Waals surface area contributed by atoms with Crippen molar-refractivity contribution in [1.29, 1.82) is 0 Å². The predicted molar refractivity (Wildman–Crippen MR) is 67.6 cm³/mol. The monoisotopic (exact) mass is 238 g/mol. The number of hydrogen-bond acceptors (Lipinski definition) is 3. The summed E-state index contributed by atoms with van der Waals surface area (Å²) < 4.78 is 1.75. The van der Waals surface area contributed by atoms with Crippen LogP contribution < -0.4 is 5.73 Å². The number of aryl methyl sites for hydroxylation is 1. The molecule has 1 amide bonds. The lowest BCUT2D eigenvalue weighted by molar-refractivity contribution is 0.0725. The summed E-state index contributed by atoms with van der Waals surface area (Å²) in [6.07, 6.45) is 4.08. The van der Waals surface area contributed by atoms with Crippen molar-refractivity contribution >= 4 is 5.91 Å². The van der Waals surface area contributed by atoms with Gasteiger partial charge in [0.15, 0.2) is 0 Å². The number of imidazole rings is 1. The van der Waals surface area contributed by atoms with Gasteiger partial charge in [-0.15, -0.1) is 0 Å². The molecule has 0 aliphatic heterocycles. The number of nitrogens with zero attached hydrogens (tertiary/aromatic N) is 3. The van der Waals surface area contributed by atoms with Crippen LogP contribution in [0.25, 0.3) is 0 Å². The predicted octanol–water partition coefficient (Wildman–Crippen LogP) is 0.867. The van der Waals surface area contributed by atoms with E-state index in [-0.39, 0.29) is 5.91 Å². The summed E-state index contributed by atoms with van der Waals surface area (Å²) in [7, 11) is 1.83. The number of rotatable bonds is 6. The summed E-state index contributed by atoms with van der Waals surface area (Å²) in [4.78, 5) is 18.1. The van der Waals surface area contributed by atoms with Crippen LogP contribution in [0, 0.1) is 5.92 Å². The van der Waals surface area contributed by atoms with Gasteiger partial charge in [-0.2, -0.15) is 0 Å². The highest BCUT2D eigenvalue weighted by Crippen LogP contribution is 2.07. The van der Waals surface area contributed by atoms with Gasteiger partial charge in [0.05, 0.1) is 12.5 Å². The van der Waals surface area contributed by atoms with E-state index >= 15 is 0 Å². The number of aromatic nitrogens is 2. The van der Waals surface area contributed by atoms with Gasteiger partial charge in [0.2, 0.25) is 0 Å². The Morgan fingerprint density at radius 1 is 1.59 bits per heavy atom. The molecule has 0 aliphatic rings. The number of nitrogens with two attached hydrogens (primary N) is 1. The third-order valence-corrected chi connectivity index (χ3v) is 2.54. The van der Waals surface area contributed by atoms with E-state index in [0.717, 1.165) is 13.0 Å². The largest absolute Gasteiger partial charge is 0.337 e. The lowest BCUT2D eigenvalue weighted by atomic mass is 10.2. The van der Waals surface area contributed by atoms with Crippen LogP contribution in [-0.2, 0) is 7.05 Å². The van der Waals surface area contributed by atoms with Gasteiger partial charge in [0.1, 0.15) is 5.69 Å². The molecule has 0 unspecified atom stereocenters. The van der Waals surface area contributed by atoms with Crippen LogP contribution in [0.2, 0.25) is 0 Å². The maximum atomic E-state index is 12.3. The fourth-order valence-corrected chi connectivity index (χ4v) is 1.72. The molecule has 0 radical (unpaired) electrons. The lowest BCUT2D eigenvalue weighted by Gasteiger charge is -2.24. The van der Waals surface area contributed by atoms with E-state index in [0.29, 0.717) is 24.7 Å². The summed E-state index contributed by atoms with van der Waals surface area (Å²) in [5.74, 6) is 0.483. The third-order valence-electron chi connectivity index (χ3n) is 2.54. The second kappa shape index (κ2) is 6.39. The van der Waals surface area contributed by atoms with E-state index < -0.39 is 0 Å². The molecule has 5 heteroatoms. The van der Waals surface area contributed by atoms with Gasteiger partial charge in [-0.3, -0.25) is 4.79 Å². The zero-order chi connectivity index (χ0) is 12.8. The first kappa shape index (κ1) is 13.7. The first-order valence-corrected chi connectivity index (χ1v) is 6.02. The Balaban J connectivity index is 2.75. The molecule has 1 rings (SSSR count). The average molecular weight is 238 g/mol. The molecule has 96 valence electrons. The number of carbonyl (C=O) groups is 1. The summed E-state index contributed by atoms with van der Waals surface area (Å²) in [6, 6.07) is 0. The molecule has 5 nitrogen and oxygen atoms in total. The molecule has 17 heavy (non-hydrogen) atoms. The zero-order valence-electron chi connectivity index (χ0n) is 10.9. The molecule has 0 aromatic carbocycles. The van der Waals surface area contributed by atoms with E-state index in [1.807, 2.05) is 11.9 Å². The fraction of sp³-hybridized carbons (Fsp3) is 0.667. The van der Waals surface area contributed by atoms with Crippen molar-refractivity contribution in [3.63, 3.8) is 0 Å². The molecule has 1 heterocycles. The van der Waals surface area contributed by atoms with Crippen molar-refractivity contribution in [3.8, 4) is 0 Å². The molecule has 0 atom stereocenters. The maximum absolute atomic E-state index is 12.3. The molecule has 0 fully saturated rings. The first-order valence-electron chi connectivity index (χ1n) is 6.02. The molecule has 2 N–H and O–H groups in total. The van der Waals surface area contributed by atoms with E-state index in [4.69, 9.17) is 5.73 Å². The topological polar surface area (TPSA) is 64.2 Å². The zero-order valence-corrected chi connectivity index (χ0v) is 10.9. The van der Waals surface area contributed by atoms with Crippen molar-refractivity contribution in [3.05, 3.63) is 18.2 Å². The van der Waals surface area contributed by atoms with Gasteiger partial charge in [0, 0.05) is 20.1 Å². The fourth-order valence-electron chi connectivity index (χ4n) is 1.72. The third kappa shape index (κ3) is 3.85. The van der Waals surface area contributed by atoms with E-state index in [1.54, 1.807) is 17.1 Å². The maximum Gasteiger partial charge on any atom is 0.272 e. The molecule has 0 saturated carbocycles. The van der Waals surface area contributed by atoms with Crippen molar-refractivity contribution < 1.29 is 4.79 Å². The minimum absolute atomic E-state index is 0.0344. The van der Waals surface area contributed by atoms with Gasteiger partial charge in [-0.25, -0.2) is 4.98 Å². The Morgan fingerprint density at radius 3 is 2.76 bits per heavy atom. The van der Waals surface area contributed by atoms with Gasteiger partial charge < -0.3 is 15.2 Å². The highest BCUT2D eigenvalue weighted by molar-refractivity contribution is 5.92. The molecule has 0 saturated heterocycles. The standard InChI is InChI=1S/C12H22N4O/c1-10(2)8-16(6-4-5-13)12(17)11-7-14-9-15(11)3/h7,9-10H,4-6,8,13H2,1-3H3. The van der Waals surface area contributed by atoms with Crippen LogP contribution in [0.15, 0.2) is 12.5 Å². The Hall–Kier alpha value is -1.36. The first-order chi connectivity index (χ1) is 8.06. The van der Waals surface area contributed by atoms with Crippen molar-refractivity contribution in [2.24, 2.45) is 18.7 Å². The molecule has 0 bridgehead atoms. The second-order valence-corrected chi connectivity index (χ2v) is 4.68. The summed E-state index contributed by atoms with van der Waals surface area (Å²) in [6.45, 7) is 6.27. The SMILES string of the molecule is CC(C)CN(CCCN)C(=O)c1cncn1C. The molecule has 1 aromatic heterocycles. The number of hydrogen-bond donors (Lipinski definition) is 1. The van der Waals surface area contributed by atoms with Crippen LogP contribution in [0.1, 0.15) is 30.8 Å². The average Bonchev–Trinajstić information content (AvgIpc) is 2.69. The Bertz CT molecular complexity index is 359. The lowest BCUT2D eigenvalue weighted by Crippen LogP contribution is -2.36. The van der Waals surface area contributed by atoms with Gasteiger partial charge in [-0.1, -0.05) is 13.8 Å². The Labute approximate surface area is 103 Å². The second-order valence-electron chi connectivity index (χ2n) is 4.68. The van der Waals surface area contributed by atoms with Crippen LogP contribution in [0.3, 0.4) is 0 Å². The number of carbonyl (C=O) groups excluding carboxylic acids is 1. The van der Waals surface area contributed by atoms with Crippen LogP contribution in [-0.4, -0.2) is 40.0 Å². The Morgan fingerprint density at radius 2 is 2.29 bits per heavy atom. The molecule has 0 spiro atoms. The van der Waals surface area contributed by atoms with E-state index in [1.165, 1.54) is 0 Å². The summed E-state index contributed by atoms with van der Waals surface area (Å²) in [5, 5.41) is 0. The van der Waals surface area contributed by atoms with Gasteiger partial charge >= 0.3 is 0 Å². The van der Waals surface area contributed by atoms with Crippen molar-refractivity contribution in [2.75, 3.05) is 19.6 Å². The highest BCUT2D eigenvalue weighted by Gasteiger charge is 2.18. The van der Waals surface area contributed by atoms with Gasteiger partial charge in [0.25, 0.3) is 5.91 Å². The minimum Gasteiger partial charge on any atom is -0.337 e. The minimum atomic E-state index is 0.0344. The van der Waals surface area contributed by atoms with E-state index in [2.05, 4.69) is 18.8 Å².